The molecule has 3 heterocycles. The van der Waals surface area contributed by atoms with E-state index >= 15 is 0 Å². The summed E-state index contributed by atoms with van der Waals surface area (Å²) in [6, 6.07) is 0. The predicted molar refractivity (Wildman–Crippen MR) is 113 cm³/mol. The third-order valence-electron chi connectivity index (χ3n) is 4.61. The fraction of sp³-hybridized carbons (Fsp3) is 0.632. The lowest BCUT2D eigenvalue weighted by Crippen LogP contribution is -2.43. The van der Waals surface area contributed by atoms with E-state index < -0.39 is 0 Å². The topological polar surface area (TPSA) is 109 Å². The Kier molecular flexibility index (Phi) is 6.21. The average molecular weight is 421 g/mol. The van der Waals surface area contributed by atoms with Crippen LogP contribution in [0.1, 0.15) is 40.5 Å². The Morgan fingerprint density at radius 1 is 1.34 bits per heavy atom. The number of rotatable bonds is 5. The fourth-order valence-corrected chi connectivity index (χ4v) is 4.38. The molecular weight excluding hydrogens is 392 g/mol. The highest BCUT2D eigenvalue weighted by Gasteiger charge is 2.27. The van der Waals surface area contributed by atoms with Crippen molar-refractivity contribution in [3.05, 3.63) is 16.7 Å². The maximum absolute atomic E-state index is 12.8. The summed E-state index contributed by atoms with van der Waals surface area (Å²) in [5.74, 6) is -0.267. The fourth-order valence-electron chi connectivity index (χ4n) is 3.38. The van der Waals surface area contributed by atoms with Crippen LogP contribution in [0, 0.1) is 5.92 Å². The van der Waals surface area contributed by atoms with Crippen LogP contribution in [0.2, 0.25) is 0 Å². The minimum atomic E-state index is -0.370. The second kappa shape index (κ2) is 8.48. The monoisotopic (exact) mass is 420 g/mol. The van der Waals surface area contributed by atoms with Gasteiger partial charge in [-0.15, -0.1) is 0 Å². The summed E-state index contributed by atoms with van der Waals surface area (Å²) in [5, 5.41) is 6.41. The Balaban J connectivity index is 1.80. The standard InChI is InChI=1S/C19H28N6O3S/c1-5-20-16(27)12-7-6-8-24(9-12)18-22-15-14(29-18)17(28)25(11-21-15)10-13(26)23-19(2,3)4/h11-12H,5-10H2,1-4H3,(H,20,27)(H,23,26)/t12-/m0/s1. The molecule has 2 aromatic rings. The Labute approximate surface area is 173 Å². The number of amides is 2. The van der Waals surface area contributed by atoms with Gasteiger partial charge in [0.25, 0.3) is 5.56 Å². The van der Waals surface area contributed by atoms with Crippen molar-refractivity contribution in [2.24, 2.45) is 5.92 Å². The second-order valence-electron chi connectivity index (χ2n) is 8.30. The number of piperidine rings is 1. The number of nitrogens with zero attached hydrogens (tertiary/aromatic N) is 4. The number of hydrogen-bond donors (Lipinski definition) is 2. The Morgan fingerprint density at radius 2 is 2.10 bits per heavy atom. The molecule has 2 N–H and O–H groups in total. The molecule has 0 radical (unpaired) electrons. The molecule has 1 aliphatic heterocycles. The summed E-state index contributed by atoms with van der Waals surface area (Å²) < 4.78 is 1.73. The molecule has 1 atom stereocenters. The predicted octanol–water partition coefficient (Wildman–Crippen LogP) is 1.12. The third-order valence-corrected chi connectivity index (χ3v) is 5.71. The van der Waals surface area contributed by atoms with Crippen molar-refractivity contribution in [1.29, 1.82) is 0 Å². The lowest BCUT2D eigenvalue weighted by molar-refractivity contribution is -0.125. The number of carbonyl (C=O) groups excluding carboxylic acids is 2. The number of hydrogen-bond acceptors (Lipinski definition) is 7. The van der Waals surface area contributed by atoms with E-state index in [1.165, 1.54) is 22.2 Å². The van der Waals surface area contributed by atoms with Crippen LogP contribution in [0.5, 0.6) is 0 Å². The van der Waals surface area contributed by atoms with E-state index in [0.717, 1.165) is 19.4 Å². The molecule has 0 saturated carbocycles. The lowest BCUT2D eigenvalue weighted by Gasteiger charge is -2.31. The van der Waals surface area contributed by atoms with Gasteiger partial charge in [0, 0.05) is 25.2 Å². The first-order valence-electron chi connectivity index (χ1n) is 9.87. The SMILES string of the molecule is CCNC(=O)[C@H]1CCCN(c2nc3ncn(CC(=O)NC(C)(C)C)c(=O)c3s2)C1. The van der Waals surface area contributed by atoms with Gasteiger partial charge in [0.05, 0.1) is 5.92 Å². The van der Waals surface area contributed by atoms with E-state index in [9.17, 15) is 14.4 Å². The smallest absolute Gasteiger partial charge is 0.273 e. The number of nitrogens with one attached hydrogen (secondary N) is 2. The quantitative estimate of drug-likeness (QED) is 0.750. The molecular formula is C19H28N6O3S. The zero-order valence-electron chi connectivity index (χ0n) is 17.3. The van der Waals surface area contributed by atoms with Gasteiger partial charge in [-0.1, -0.05) is 11.3 Å². The zero-order chi connectivity index (χ0) is 21.2. The summed E-state index contributed by atoms with van der Waals surface area (Å²) in [7, 11) is 0. The van der Waals surface area contributed by atoms with Gasteiger partial charge in [0.15, 0.2) is 10.8 Å². The van der Waals surface area contributed by atoms with E-state index in [-0.39, 0.29) is 35.4 Å². The largest absolute Gasteiger partial charge is 0.356 e. The van der Waals surface area contributed by atoms with E-state index in [1.54, 1.807) is 0 Å². The third kappa shape index (κ3) is 5.11. The molecule has 3 rings (SSSR count). The first kappa shape index (κ1) is 21.2. The van der Waals surface area contributed by atoms with Gasteiger partial charge in [-0.2, -0.15) is 4.98 Å². The Bertz CT molecular complexity index is 961. The van der Waals surface area contributed by atoms with Gasteiger partial charge in [-0.05, 0) is 40.5 Å². The molecule has 2 aromatic heterocycles. The minimum absolute atomic E-state index is 0.0589. The molecule has 0 aliphatic carbocycles. The van der Waals surface area contributed by atoms with Crippen molar-refractivity contribution >= 4 is 38.6 Å². The molecule has 2 amide bonds. The van der Waals surface area contributed by atoms with E-state index in [2.05, 4.69) is 20.6 Å². The molecule has 0 unspecified atom stereocenters. The van der Waals surface area contributed by atoms with Gasteiger partial charge >= 0.3 is 0 Å². The van der Waals surface area contributed by atoms with Crippen LogP contribution in [0.3, 0.4) is 0 Å². The van der Waals surface area contributed by atoms with Crippen molar-refractivity contribution < 1.29 is 9.59 Å². The molecule has 10 heteroatoms. The van der Waals surface area contributed by atoms with Crippen LogP contribution in [-0.4, -0.2) is 51.5 Å². The highest BCUT2D eigenvalue weighted by molar-refractivity contribution is 7.22. The van der Waals surface area contributed by atoms with Crippen LogP contribution in [0.15, 0.2) is 11.1 Å². The summed E-state index contributed by atoms with van der Waals surface area (Å²) in [6.07, 6.45) is 3.10. The number of anilines is 1. The number of carbonyl (C=O) groups is 2. The first-order valence-corrected chi connectivity index (χ1v) is 10.7. The first-order chi connectivity index (χ1) is 13.7. The summed E-state index contributed by atoms with van der Waals surface area (Å²) in [5.41, 5.74) is -0.271. The van der Waals surface area contributed by atoms with Crippen LogP contribution in [-0.2, 0) is 16.1 Å². The van der Waals surface area contributed by atoms with E-state index in [4.69, 9.17) is 0 Å². The van der Waals surface area contributed by atoms with Crippen LogP contribution < -0.4 is 21.1 Å². The Morgan fingerprint density at radius 3 is 2.79 bits per heavy atom. The minimum Gasteiger partial charge on any atom is -0.356 e. The van der Waals surface area contributed by atoms with Crippen LogP contribution in [0.25, 0.3) is 10.3 Å². The van der Waals surface area contributed by atoms with Gasteiger partial charge in [-0.3, -0.25) is 19.0 Å². The molecule has 0 aromatic carbocycles. The van der Waals surface area contributed by atoms with Gasteiger partial charge in [0.1, 0.15) is 17.6 Å². The number of thiazole rings is 1. The summed E-state index contributed by atoms with van der Waals surface area (Å²) in [4.78, 5) is 48.0. The highest BCUT2D eigenvalue weighted by atomic mass is 32.1. The molecule has 0 bridgehead atoms. The van der Waals surface area contributed by atoms with Gasteiger partial charge in [0.2, 0.25) is 11.8 Å². The van der Waals surface area contributed by atoms with Crippen molar-refractivity contribution in [1.82, 2.24) is 25.2 Å². The lowest BCUT2D eigenvalue weighted by atomic mass is 9.97. The number of fused-ring (bicyclic) bond motifs is 1. The molecule has 1 saturated heterocycles. The molecule has 29 heavy (non-hydrogen) atoms. The number of aromatic nitrogens is 3. The maximum atomic E-state index is 12.8. The highest BCUT2D eigenvalue weighted by Crippen LogP contribution is 2.29. The van der Waals surface area contributed by atoms with Gasteiger partial charge in [-0.25, -0.2) is 4.98 Å². The zero-order valence-corrected chi connectivity index (χ0v) is 18.1. The second-order valence-corrected chi connectivity index (χ2v) is 9.28. The maximum Gasteiger partial charge on any atom is 0.273 e. The van der Waals surface area contributed by atoms with Crippen LogP contribution >= 0.6 is 11.3 Å². The molecule has 158 valence electrons. The van der Waals surface area contributed by atoms with E-state index in [0.29, 0.717) is 28.6 Å². The van der Waals surface area contributed by atoms with Crippen molar-refractivity contribution in [3.8, 4) is 0 Å². The normalized spacial score (nSPS) is 17.4. The van der Waals surface area contributed by atoms with Crippen molar-refractivity contribution in [3.63, 3.8) is 0 Å². The summed E-state index contributed by atoms with van der Waals surface area (Å²) in [6.45, 7) is 9.46. The summed E-state index contributed by atoms with van der Waals surface area (Å²) >= 11 is 1.27. The molecule has 1 aliphatic rings. The van der Waals surface area contributed by atoms with E-state index in [1.807, 2.05) is 32.6 Å². The van der Waals surface area contributed by atoms with Crippen molar-refractivity contribution in [2.45, 2.75) is 52.6 Å². The molecule has 0 spiro atoms. The molecule has 1 fully saturated rings. The van der Waals surface area contributed by atoms with Crippen LogP contribution in [0.4, 0.5) is 5.13 Å². The average Bonchev–Trinajstić information content (AvgIpc) is 3.08. The van der Waals surface area contributed by atoms with Crippen molar-refractivity contribution in [2.75, 3.05) is 24.5 Å². The molecule has 9 nitrogen and oxygen atoms in total. The van der Waals surface area contributed by atoms with Gasteiger partial charge < -0.3 is 15.5 Å². The Hall–Kier alpha value is -2.49.